The van der Waals surface area contributed by atoms with Crippen molar-refractivity contribution in [2.45, 2.75) is 26.9 Å². The summed E-state index contributed by atoms with van der Waals surface area (Å²) in [6, 6.07) is 6.34. The summed E-state index contributed by atoms with van der Waals surface area (Å²) in [6.45, 7) is 6.03. The minimum atomic E-state index is 1.01. The lowest BCUT2D eigenvalue weighted by molar-refractivity contribution is 0.764. The quantitative estimate of drug-likeness (QED) is 0.719. The molecule has 1 aliphatic rings. The van der Waals surface area contributed by atoms with Gasteiger partial charge in [-0.25, -0.2) is 0 Å². The highest BCUT2D eigenvalue weighted by Crippen LogP contribution is 2.23. The van der Waals surface area contributed by atoms with Gasteiger partial charge in [-0.05, 0) is 17.2 Å². The molecule has 0 amide bonds. The zero-order chi connectivity index (χ0) is 8.97. The van der Waals surface area contributed by atoms with E-state index in [1.54, 1.807) is 0 Å². The largest absolute Gasteiger partial charge is 0.309 e. The lowest BCUT2D eigenvalue weighted by atomic mass is 10.1. The van der Waals surface area contributed by atoms with Gasteiger partial charge in [0, 0.05) is 17.6 Å². The van der Waals surface area contributed by atoms with E-state index in [0.717, 1.165) is 13.1 Å². The smallest absolute Gasteiger partial charge is 0.0223 e. The van der Waals surface area contributed by atoms with E-state index in [-0.39, 0.29) is 0 Å². The van der Waals surface area contributed by atoms with Crippen LogP contribution in [0.15, 0.2) is 22.7 Å². The van der Waals surface area contributed by atoms with Crippen LogP contribution in [0.4, 0.5) is 0 Å². The first-order chi connectivity index (χ1) is 5.88. The van der Waals surface area contributed by atoms with Crippen LogP contribution in [0, 0.1) is 0 Å². The number of fused-ring (bicyclic) bond motifs is 1. The van der Waals surface area contributed by atoms with Crippen LogP contribution >= 0.6 is 15.9 Å². The van der Waals surface area contributed by atoms with Gasteiger partial charge in [-0.2, -0.15) is 0 Å². The van der Waals surface area contributed by atoms with Crippen LogP contribution in [0.2, 0.25) is 0 Å². The van der Waals surface area contributed by atoms with Crippen molar-refractivity contribution in [3.05, 3.63) is 33.8 Å². The summed E-state index contributed by atoms with van der Waals surface area (Å²) in [5.41, 5.74) is 2.84. The first-order valence-corrected chi connectivity index (χ1v) is 5.14. The summed E-state index contributed by atoms with van der Waals surface area (Å²) in [6.07, 6.45) is 0. The van der Waals surface area contributed by atoms with Crippen molar-refractivity contribution < 1.29 is 0 Å². The third-order valence-corrected chi connectivity index (χ3v) is 2.58. The molecule has 0 saturated carbocycles. The third kappa shape index (κ3) is 1.87. The predicted molar refractivity (Wildman–Crippen MR) is 56.0 cm³/mol. The maximum atomic E-state index is 3.51. The zero-order valence-electron chi connectivity index (χ0n) is 7.52. The summed E-state index contributed by atoms with van der Waals surface area (Å²) in [5, 5.41) is 3.30. The molecule has 1 aromatic carbocycles. The highest BCUT2D eigenvalue weighted by atomic mass is 79.9. The molecule has 1 nitrogen and oxygen atoms in total. The van der Waals surface area contributed by atoms with Crippen LogP contribution in [0.25, 0.3) is 0 Å². The summed E-state index contributed by atoms with van der Waals surface area (Å²) < 4.78 is 1.23. The van der Waals surface area contributed by atoms with E-state index in [4.69, 9.17) is 0 Å². The summed E-state index contributed by atoms with van der Waals surface area (Å²) >= 11 is 3.51. The van der Waals surface area contributed by atoms with Crippen molar-refractivity contribution in [1.82, 2.24) is 5.32 Å². The van der Waals surface area contributed by atoms with Crippen LogP contribution in [0.5, 0.6) is 0 Å². The molecule has 2 rings (SSSR count). The minimum absolute atomic E-state index is 1.01. The Morgan fingerprint density at radius 1 is 1.25 bits per heavy atom. The van der Waals surface area contributed by atoms with Crippen molar-refractivity contribution in [1.29, 1.82) is 0 Å². The maximum absolute atomic E-state index is 3.51. The summed E-state index contributed by atoms with van der Waals surface area (Å²) in [5.74, 6) is 0. The Labute approximate surface area is 82.3 Å². The number of rotatable bonds is 0. The predicted octanol–water partition coefficient (Wildman–Crippen LogP) is 3.08. The van der Waals surface area contributed by atoms with E-state index in [2.05, 4.69) is 39.4 Å². The molecule has 1 aliphatic heterocycles. The van der Waals surface area contributed by atoms with Gasteiger partial charge in [0.05, 0.1) is 0 Å². The van der Waals surface area contributed by atoms with Crippen LogP contribution in [0.3, 0.4) is 0 Å². The molecule has 0 aliphatic carbocycles. The monoisotopic (exact) mass is 227 g/mol. The van der Waals surface area contributed by atoms with Gasteiger partial charge in [-0.1, -0.05) is 41.9 Å². The molecular formula is C10H14BrN. The number of hydrogen-bond acceptors (Lipinski definition) is 1. The van der Waals surface area contributed by atoms with Crippen LogP contribution in [-0.4, -0.2) is 0 Å². The fourth-order valence-corrected chi connectivity index (χ4v) is 1.84. The SMILES string of the molecule is Brc1cccc2c1CNC2.CC. The fourth-order valence-electron chi connectivity index (χ4n) is 1.29. The van der Waals surface area contributed by atoms with Gasteiger partial charge in [0.15, 0.2) is 0 Å². The van der Waals surface area contributed by atoms with Gasteiger partial charge >= 0.3 is 0 Å². The van der Waals surface area contributed by atoms with Crippen LogP contribution in [0.1, 0.15) is 25.0 Å². The fraction of sp³-hybridized carbons (Fsp3) is 0.400. The van der Waals surface area contributed by atoms with E-state index < -0.39 is 0 Å². The Bertz CT molecular complexity index is 258. The molecule has 0 atom stereocenters. The average molecular weight is 228 g/mol. The molecule has 2 heteroatoms. The van der Waals surface area contributed by atoms with Gasteiger partial charge in [0.1, 0.15) is 0 Å². The van der Waals surface area contributed by atoms with Crippen molar-refractivity contribution >= 4 is 15.9 Å². The Hall–Kier alpha value is -0.340. The molecule has 66 valence electrons. The number of hydrogen-bond donors (Lipinski definition) is 1. The molecule has 0 fully saturated rings. The lowest BCUT2D eigenvalue weighted by Crippen LogP contribution is -2.00. The summed E-state index contributed by atoms with van der Waals surface area (Å²) in [4.78, 5) is 0. The lowest BCUT2D eigenvalue weighted by Gasteiger charge is -1.97. The molecule has 0 spiro atoms. The topological polar surface area (TPSA) is 12.0 Å². The molecule has 0 aromatic heterocycles. The van der Waals surface area contributed by atoms with Crippen molar-refractivity contribution in [3.8, 4) is 0 Å². The van der Waals surface area contributed by atoms with Crippen LogP contribution < -0.4 is 5.32 Å². The number of benzene rings is 1. The van der Waals surface area contributed by atoms with Crippen molar-refractivity contribution in [3.63, 3.8) is 0 Å². The van der Waals surface area contributed by atoms with E-state index in [1.165, 1.54) is 15.6 Å². The minimum Gasteiger partial charge on any atom is -0.309 e. The van der Waals surface area contributed by atoms with E-state index in [9.17, 15) is 0 Å². The Morgan fingerprint density at radius 2 is 2.00 bits per heavy atom. The van der Waals surface area contributed by atoms with Crippen molar-refractivity contribution in [2.24, 2.45) is 0 Å². The van der Waals surface area contributed by atoms with Gasteiger partial charge in [0.25, 0.3) is 0 Å². The molecule has 0 bridgehead atoms. The molecule has 0 saturated heterocycles. The van der Waals surface area contributed by atoms with Gasteiger partial charge in [0.2, 0.25) is 0 Å². The van der Waals surface area contributed by atoms with Gasteiger partial charge in [-0.3, -0.25) is 0 Å². The van der Waals surface area contributed by atoms with Gasteiger partial charge < -0.3 is 5.32 Å². The Morgan fingerprint density at radius 3 is 2.67 bits per heavy atom. The van der Waals surface area contributed by atoms with E-state index in [1.807, 2.05) is 13.8 Å². The highest BCUT2D eigenvalue weighted by Gasteiger charge is 2.10. The molecule has 12 heavy (non-hydrogen) atoms. The standard InChI is InChI=1S/C8H8BrN.C2H6/c9-8-3-1-2-6-4-10-5-7(6)8;1-2/h1-3,10H,4-5H2;1-2H3. The molecule has 1 aromatic rings. The molecule has 0 radical (unpaired) electrons. The molecule has 1 N–H and O–H groups in total. The maximum Gasteiger partial charge on any atom is 0.0223 e. The first kappa shape index (κ1) is 9.75. The second-order valence-corrected chi connectivity index (χ2v) is 3.34. The summed E-state index contributed by atoms with van der Waals surface area (Å²) in [7, 11) is 0. The van der Waals surface area contributed by atoms with E-state index in [0.29, 0.717) is 0 Å². The van der Waals surface area contributed by atoms with Crippen LogP contribution in [-0.2, 0) is 13.1 Å². The van der Waals surface area contributed by atoms with E-state index >= 15 is 0 Å². The first-order valence-electron chi connectivity index (χ1n) is 4.35. The molecule has 0 unspecified atom stereocenters. The normalized spacial score (nSPS) is 13.2. The number of halogens is 1. The Kier molecular flexibility index (Phi) is 3.76. The highest BCUT2D eigenvalue weighted by molar-refractivity contribution is 9.10. The Balaban J connectivity index is 0.000000336. The van der Waals surface area contributed by atoms with Gasteiger partial charge in [-0.15, -0.1) is 0 Å². The van der Waals surface area contributed by atoms with Crippen molar-refractivity contribution in [2.75, 3.05) is 0 Å². The second-order valence-electron chi connectivity index (χ2n) is 2.48. The second kappa shape index (κ2) is 4.63. The molecule has 1 heterocycles. The average Bonchev–Trinajstić information content (AvgIpc) is 2.57. The number of nitrogens with one attached hydrogen (secondary N) is 1. The molecular weight excluding hydrogens is 214 g/mol. The zero-order valence-corrected chi connectivity index (χ0v) is 9.11. The third-order valence-electron chi connectivity index (χ3n) is 1.83.